The molecule has 1 aromatic carbocycles. The SMILES string of the molecule is O=C(Nc1ccc(B(O)O)c(F)c1)C1CC1. The highest BCUT2D eigenvalue weighted by atomic mass is 19.1. The Labute approximate surface area is 92.2 Å². The van der Waals surface area contributed by atoms with Gasteiger partial charge in [-0.05, 0) is 25.0 Å². The van der Waals surface area contributed by atoms with E-state index in [1.165, 1.54) is 12.1 Å². The third kappa shape index (κ3) is 2.40. The van der Waals surface area contributed by atoms with Gasteiger partial charge in [0.15, 0.2) is 0 Å². The molecule has 1 aromatic rings. The van der Waals surface area contributed by atoms with Crippen LogP contribution in [-0.2, 0) is 4.79 Å². The first-order chi connectivity index (χ1) is 7.58. The van der Waals surface area contributed by atoms with Crippen LogP contribution >= 0.6 is 0 Å². The third-order valence-electron chi connectivity index (χ3n) is 2.49. The number of benzene rings is 1. The van der Waals surface area contributed by atoms with E-state index in [1.807, 2.05) is 0 Å². The molecule has 1 aliphatic rings. The van der Waals surface area contributed by atoms with Gasteiger partial charge in [-0.2, -0.15) is 0 Å². The average Bonchev–Trinajstić information content (AvgIpc) is 2.99. The van der Waals surface area contributed by atoms with Crippen LogP contribution in [0.1, 0.15) is 12.8 Å². The lowest BCUT2D eigenvalue weighted by Crippen LogP contribution is -2.32. The van der Waals surface area contributed by atoms with E-state index in [0.717, 1.165) is 18.9 Å². The second-order valence-electron chi connectivity index (χ2n) is 3.87. The minimum Gasteiger partial charge on any atom is -0.423 e. The predicted octanol–water partition coefficient (Wildman–Crippen LogP) is -0.146. The molecule has 0 radical (unpaired) electrons. The van der Waals surface area contributed by atoms with Crippen LogP contribution in [0.4, 0.5) is 10.1 Å². The fraction of sp³-hybridized carbons (Fsp3) is 0.300. The van der Waals surface area contributed by atoms with Gasteiger partial charge in [0, 0.05) is 17.1 Å². The minimum absolute atomic E-state index is 0.0474. The fourth-order valence-corrected chi connectivity index (χ4v) is 1.40. The van der Waals surface area contributed by atoms with E-state index in [-0.39, 0.29) is 17.3 Å². The first-order valence-corrected chi connectivity index (χ1v) is 5.04. The summed E-state index contributed by atoms with van der Waals surface area (Å²) in [5.41, 5.74) is 0.128. The molecule has 0 heterocycles. The zero-order valence-electron chi connectivity index (χ0n) is 8.48. The van der Waals surface area contributed by atoms with Gasteiger partial charge in [0.2, 0.25) is 5.91 Å². The topological polar surface area (TPSA) is 69.6 Å². The van der Waals surface area contributed by atoms with Crippen molar-refractivity contribution in [1.82, 2.24) is 0 Å². The Balaban J connectivity index is 2.11. The summed E-state index contributed by atoms with van der Waals surface area (Å²) in [6.45, 7) is 0. The van der Waals surface area contributed by atoms with Crippen LogP contribution in [-0.4, -0.2) is 23.1 Å². The number of hydrogen-bond acceptors (Lipinski definition) is 3. The van der Waals surface area contributed by atoms with Gasteiger partial charge in [-0.1, -0.05) is 6.07 Å². The second-order valence-corrected chi connectivity index (χ2v) is 3.87. The van der Waals surface area contributed by atoms with Crippen molar-refractivity contribution in [2.24, 2.45) is 5.92 Å². The third-order valence-corrected chi connectivity index (χ3v) is 2.49. The fourth-order valence-electron chi connectivity index (χ4n) is 1.40. The molecule has 1 amide bonds. The lowest BCUT2D eigenvalue weighted by atomic mass is 9.80. The number of rotatable bonds is 3. The van der Waals surface area contributed by atoms with Gasteiger partial charge in [-0.15, -0.1) is 0 Å². The number of nitrogens with one attached hydrogen (secondary N) is 1. The van der Waals surface area contributed by atoms with Crippen molar-refractivity contribution in [2.75, 3.05) is 5.32 Å². The molecule has 2 rings (SSSR count). The largest absolute Gasteiger partial charge is 0.491 e. The molecule has 16 heavy (non-hydrogen) atoms. The maximum Gasteiger partial charge on any atom is 0.491 e. The molecule has 1 saturated carbocycles. The molecule has 0 unspecified atom stereocenters. The highest BCUT2D eigenvalue weighted by Gasteiger charge is 2.29. The molecule has 84 valence electrons. The van der Waals surface area contributed by atoms with Crippen molar-refractivity contribution in [3.8, 4) is 0 Å². The van der Waals surface area contributed by atoms with E-state index >= 15 is 0 Å². The zero-order valence-corrected chi connectivity index (χ0v) is 8.48. The van der Waals surface area contributed by atoms with E-state index in [4.69, 9.17) is 10.0 Å². The second kappa shape index (κ2) is 4.23. The molecule has 4 nitrogen and oxygen atoms in total. The molecular formula is C10H11BFNO3. The lowest BCUT2D eigenvalue weighted by molar-refractivity contribution is -0.117. The van der Waals surface area contributed by atoms with Crippen LogP contribution < -0.4 is 10.8 Å². The van der Waals surface area contributed by atoms with Crippen molar-refractivity contribution in [2.45, 2.75) is 12.8 Å². The van der Waals surface area contributed by atoms with Crippen LogP contribution in [0.5, 0.6) is 0 Å². The van der Waals surface area contributed by atoms with E-state index in [2.05, 4.69) is 5.32 Å². The predicted molar refractivity (Wildman–Crippen MR) is 57.6 cm³/mol. The number of carbonyl (C=O) groups excluding carboxylic acids is 1. The number of amides is 1. The molecule has 1 aliphatic carbocycles. The molecule has 0 spiro atoms. The van der Waals surface area contributed by atoms with Crippen molar-refractivity contribution < 1.29 is 19.2 Å². The van der Waals surface area contributed by atoms with Crippen molar-refractivity contribution in [1.29, 1.82) is 0 Å². The molecule has 0 saturated heterocycles. The van der Waals surface area contributed by atoms with Crippen LogP contribution in [0.3, 0.4) is 0 Å². The first-order valence-electron chi connectivity index (χ1n) is 5.04. The van der Waals surface area contributed by atoms with E-state index in [9.17, 15) is 9.18 Å². The highest BCUT2D eigenvalue weighted by molar-refractivity contribution is 6.58. The summed E-state index contributed by atoms with van der Waals surface area (Å²) in [6, 6.07) is 3.76. The Hall–Kier alpha value is -1.40. The average molecular weight is 223 g/mol. The molecule has 6 heteroatoms. The molecule has 0 aromatic heterocycles. The summed E-state index contributed by atoms with van der Waals surface area (Å²) < 4.78 is 13.3. The number of carbonyl (C=O) groups is 1. The monoisotopic (exact) mass is 223 g/mol. The van der Waals surface area contributed by atoms with Crippen LogP contribution in [0.2, 0.25) is 0 Å². The van der Waals surface area contributed by atoms with E-state index in [1.54, 1.807) is 0 Å². The van der Waals surface area contributed by atoms with Gasteiger partial charge in [0.05, 0.1) is 0 Å². The Morgan fingerprint density at radius 3 is 2.62 bits per heavy atom. The van der Waals surface area contributed by atoms with Gasteiger partial charge >= 0.3 is 7.12 Å². The molecule has 0 bridgehead atoms. The summed E-state index contributed by atoms with van der Waals surface area (Å²) >= 11 is 0. The highest BCUT2D eigenvalue weighted by Crippen LogP contribution is 2.30. The van der Waals surface area contributed by atoms with Crippen LogP contribution in [0, 0.1) is 11.7 Å². The Morgan fingerprint density at radius 1 is 1.44 bits per heavy atom. The smallest absolute Gasteiger partial charge is 0.423 e. The Bertz CT molecular complexity index is 421. The quantitative estimate of drug-likeness (QED) is 0.624. The van der Waals surface area contributed by atoms with Crippen molar-refractivity contribution in [3.05, 3.63) is 24.0 Å². The van der Waals surface area contributed by atoms with Gasteiger partial charge in [0.1, 0.15) is 5.82 Å². The molecule has 0 atom stereocenters. The minimum atomic E-state index is -1.84. The normalized spacial score (nSPS) is 14.7. The number of halogens is 1. The van der Waals surface area contributed by atoms with Gasteiger partial charge in [-0.25, -0.2) is 4.39 Å². The molecular weight excluding hydrogens is 212 g/mol. The maximum atomic E-state index is 13.3. The summed E-state index contributed by atoms with van der Waals surface area (Å²) in [5.74, 6) is -0.813. The number of anilines is 1. The Kier molecular flexibility index (Phi) is 2.94. The lowest BCUT2D eigenvalue weighted by Gasteiger charge is -2.06. The molecule has 3 N–H and O–H groups in total. The first kappa shape index (κ1) is 11.1. The summed E-state index contributed by atoms with van der Waals surface area (Å²) in [6.07, 6.45) is 1.75. The van der Waals surface area contributed by atoms with Gasteiger partial charge in [-0.3, -0.25) is 4.79 Å². The van der Waals surface area contributed by atoms with Gasteiger partial charge < -0.3 is 15.4 Å². The molecule has 0 aliphatic heterocycles. The number of hydrogen-bond donors (Lipinski definition) is 3. The standard InChI is InChI=1S/C10H11BFNO3/c12-9-5-7(3-4-8(9)11(15)16)13-10(14)6-1-2-6/h3-6,15-16H,1-2H2,(H,13,14). The van der Waals surface area contributed by atoms with Crippen LogP contribution in [0.25, 0.3) is 0 Å². The van der Waals surface area contributed by atoms with Crippen molar-refractivity contribution >= 4 is 24.2 Å². The summed E-state index contributed by atoms with van der Waals surface area (Å²) in [4.78, 5) is 11.4. The van der Waals surface area contributed by atoms with Crippen molar-refractivity contribution in [3.63, 3.8) is 0 Å². The zero-order chi connectivity index (χ0) is 11.7. The van der Waals surface area contributed by atoms with E-state index in [0.29, 0.717) is 5.69 Å². The molecule has 1 fully saturated rings. The summed E-state index contributed by atoms with van der Waals surface area (Å²) in [7, 11) is -1.84. The summed E-state index contributed by atoms with van der Waals surface area (Å²) in [5, 5.41) is 20.2. The van der Waals surface area contributed by atoms with Crippen LogP contribution in [0.15, 0.2) is 18.2 Å². The van der Waals surface area contributed by atoms with Gasteiger partial charge in [0.25, 0.3) is 0 Å². The van der Waals surface area contributed by atoms with E-state index < -0.39 is 12.9 Å². The maximum absolute atomic E-state index is 13.3. The Morgan fingerprint density at radius 2 is 2.12 bits per heavy atom.